The van der Waals surface area contributed by atoms with Crippen molar-refractivity contribution in [2.75, 3.05) is 25.1 Å². The number of thioether (sulfide) groups is 1. The van der Waals surface area contributed by atoms with E-state index in [4.69, 9.17) is 17.2 Å². The van der Waals surface area contributed by atoms with Crippen molar-refractivity contribution in [2.24, 2.45) is 35.0 Å². The summed E-state index contributed by atoms with van der Waals surface area (Å²) in [6.07, 6.45) is -0.137. The predicted octanol–water partition coefficient (Wildman–Crippen LogP) is -2.86. The van der Waals surface area contributed by atoms with Crippen LogP contribution in [0, 0.1) is 17.8 Å². The number of carboxylic acids is 3. The second kappa shape index (κ2) is 34.3. The zero-order valence-corrected chi connectivity index (χ0v) is 42.4. The van der Waals surface area contributed by atoms with Crippen LogP contribution in [0.25, 0.3) is 0 Å². The number of nitrogens with one attached hydrogen (secondary N) is 8. The standard InChI is InChI=1S/C44H77N11O15S/c1-22(2)18-25(46)37(62)50-28(11-13-32(47)56)40(65)52-27(12-14-34(58)59)38(63)48-21-33(57)49-31(20-35(60)61)43(68)51-26(10-8-9-16-45)39(64)54-30(19-23(3)4)42(67)53-29(15-17-71-7)41(66)55-36(24(5)6)44(69)70/h22-31,36H,8-21,45-46H2,1-7H3,(H2,47,56)(H,48,63)(H,49,57)(H,50,62)(H,51,68)(H,52,65)(H,53,67)(H,54,64)(H,55,66)(H,58,59)(H,60,61)(H,69,70)/t25-,26-,27-,28-,29-,30-,31-,36-/m0/s1. The number of nitrogens with two attached hydrogens (primary N) is 3. The Morgan fingerprint density at radius 1 is 0.521 bits per heavy atom. The van der Waals surface area contributed by atoms with E-state index < -0.39 is 151 Å². The van der Waals surface area contributed by atoms with Crippen LogP contribution < -0.4 is 59.7 Å². The molecule has 0 unspecified atom stereocenters. The van der Waals surface area contributed by atoms with E-state index in [1.807, 2.05) is 13.8 Å². The molecule has 9 amide bonds. The van der Waals surface area contributed by atoms with Crippen molar-refractivity contribution in [3.8, 4) is 0 Å². The van der Waals surface area contributed by atoms with Crippen molar-refractivity contribution in [1.29, 1.82) is 0 Å². The highest BCUT2D eigenvalue weighted by molar-refractivity contribution is 7.98. The maximum atomic E-state index is 13.9. The molecule has 0 aliphatic carbocycles. The third-order valence-electron chi connectivity index (χ3n) is 10.5. The number of amides is 9. The van der Waals surface area contributed by atoms with E-state index in [1.165, 1.54) is 11.8 Å². The van der Waals surface area contributed by atoms with Crippen molar-refractivity contribution >= 4 is 82.8 Å². The minimum absolute atomic E-state index is 0.000378. The molecule has 0 radical (unpaired) electrons. The van der Waals surface area contributed by atoms with Gasteiger partial charge in [-0.2, -0.15) is 11.8 Å². The summed E-state index contributed by atoms with van der Waals surface area (Å²) >= 11 is 1.37. The quantitative estimate of drug-likeness (QED) is 0.0278. The van der Waals surface area contributed by atoms with Crippen molar-refractivity contribution in [3.63, 3.8) is 0 Å². The van der Waals surface area contributed by atoms with Gasteiger partial charge in [-0.1, -0.05) is 41.5 Å². The molecule has 0 saturated heterocycles. The Hall–Kier alpha value is -6.09. The Morgan fingerprint density at radius 2 is 0.986 bits per heavy atom. The normalized spacial score (nSPS) is 14.5. The Kier molecular flexibility index (Phi) is 31.3. The van der Waals surface area contributed by atoms with Crippen molar-refractivity contribution < 1.29 is 72.9 Å². The molecule has 0 aliphatic heterocycles. The maximum absolute atomic E-state index is 13.9. The molecule has 0 rings (SSSR count). The van der Waals surface area contributed by atoms with Crippen LogP contribution in [0.4, 0.5) is 0 Å². The van der Waals surface area contributed by atoms with Gasteiger partial charge < -0.3 is 75.1 Å². The van der Waals surface area contributed by atoms with Crippen LogP contribution in [0.5, 0.6) is 0 Å². The molecular weight excluding hydrogens is 955 g/mol. The van der Waals surface area contributed by atoms with Gasteiger partial charge in [-0.05, 0) is 87.7 Å². The molecule has 17 N–H and O–H groups in total. The predicted molar refractivity (Wildman–Crippen MR) is 259 cm³/mol. The first-order valence-electron chi connectivity index (χ1n) is 23.4. The molecule has 0 aromatic rings. The average Bonchev–Trinajstić information content (AvgIpc) is 3.26. The highest BCUT2D eigenvalue weighted by atomic mass is 32.2. The molecule has 8 atom stereocenters. The minimum Gasteiger partial charge on any atom is -0.481 e. The second-order valence-corrected chi connectivity index (χ2v) is 19.2. The molecule has 0 aromatic carbocycles. The molecule has 71 heavy (non-hydrogen) atoms. The zero-order valence-electron chi connectivity index (χ0n) is 41.6. The molecular formula is C44H77N11O15S. The van der Waals surface area contributed by atoms with Crippen LogP contribution in [0.1, 0.15) is 112 Å². The summed E-state index contributed by atoms with van der Waals surface area (Å²) in [6, 6.07) is -11.1. The number of hydrogen-bond donors (Lipinski definition) is 14. The Labute approximate surface area is 417 Å². The van der Waals surface area contributed by atoms with Gasteiger partial charge in [0.25, 0.3) is 0 Å². The van der Waals surface area contributed by atoms with Crippen LogP contribution in [0.3, 0.4) is 0 Å². The van der Waals surface area contributed by atoms with Gasteiger partial charge in [-0.3, -0.25) is 52.7 Å². The lowest BCUT2D eigenvalue weighted by Crippen LogP contribution is -2.59. The number of primary amides is 1. The fourth-order valence-electron chi connectivity index (χ4n) is 6.73. The lowest BCUT2D eigenvalue weighted by Gasteiger charge is -2.28. The first-order valence-corrected chi connectivity index (χ1v) is 24.8. The van der Waals surface area contributed by atoms with Crippen LogP contribution in [0.15, 0.2) is 0 Å². The number of rotatable bonds is 37. The Morgan fingerprint density at radius 3 is 1.46 bits per heavy atom. The molecule has 404 valence electrons. The minimum atomic E-state index is -1.85. The van der Waals surface area contributed by atoms with Gasteiger partial charge in [0.2, 0.25) is 53.2 Å². The molecule has 0 spiro atoms. The number of aliphatic carboxylic acids is 3. The number of carbonyl (C=O) groups is 12. The van der Waals surface area contributed by atoms with E-state index in [0.29, 0.717) is 12.2 Å². The van der Waals surface area contributed by atoms with Crippen molar-refractivity contribution in [1.82, 2.24) is 42.5 Å². The van der Waals surface area contributed by atoms with Gasteiger partial charge >= 0.3 is 17.9 Å². The summed E-state index contributed by atoms with van der Waals surface area (Å²) in [5.41, 5.74) is 16.8. The third kappa shape index (κ3) is 27.8. The van der Waals surface area contributed by atoms with Crippen molar-refractivity contribution in [3.05, 3.63) is 0 Å². The summed E-state index contributed by atoms with van der Waals surface area (Å²) < 4.78 is 0. The van der Waals surface area contributed by atoms with Crippen LogP contribution in [-0.2, 0) is 57.5 Å². The smallest absolute Gasteiger partial charge is 0.326 e. The topological polar surface area (TPSA) is 440 Å². The van der Waals surface area contributed by atoms with Gasteiger partial charge in [-0.15, -0.1) is 0 Å². The maximum Gasteiger partial charge on any atom is 0.326 e. The van der Waals surface area contributed by atoms with Crippen LogP contribution in [0.2, 0.25) is 0 Å². The fourth-order valence-corrected chi connectivity index (χ4v) is 7.20. The van der Waals surface area contributed by atoms with E-state index in [9.17, 15) is 72.9 Å². The van der Waals surface area contributed by atoms with E-state index in [0.717, 1.165) is 0 Å². The second-order valence-electron chi connectivity index (χ2n) is 18.2. The number of carboxylic acid groups (broad SMARTS) is 3. The highest BCUT2D eigenvalue weighted by Gasteiger charge is 2.35. The summed E-state index contributed by atoms with van der Waals surface area (Å²) in [4.78, 5) is 154. The highest BCUT2D eigenvalue weighted by Crippen LogP contribution is 2.12. The lowest BCUT2D eigenvalue weighted by molar-refractivity contribution is -0.143. The van der Waals surface area contributed by atoms with E-state index >= 15 is 0 Å². The van der Waals surface area contributed by atoms with Crippen LogP contribution in [-0.4, -0.2) is 160 Å². The Balaban J connectivity index is 6.37. The summed E-state index contributed by atoms with van der Waals surface area (Å²) in [6.45, 7) is 9.60. The average molecular weight is 1030 g/mol. The molecule has 0 aliphatic rings. The molecule has 26 nitrogen and oxygen atoms in total. The summed E-state index contributed by atoms with van der Waals surface area (Å²) in [7, 11) is 0. The lowest BCUT2D eigenvalue weighted by atomic mass is 10.0. The van der Waals surface area contributed by atoms with Crippen LogP contribution >= 0.6 is 11.8 Å². The van der Waals surface area contributed by atoms with Gasteiger partial charge in [0.1, 0.15) is 42.3 Å². The van der Waals surface area contributed by atoms with Gasteiger partial charge in [0.05, 0.1) is 19.0 Å². The first-order chi connectivity index (χ1) is 33.1. The van der Waals surface area contributed by atoms with Gasteiger partial charge in [-0.25, -0.2) is 4.79 Å². The SMILES string of the molecule is CSCC[C@H](NC(=O)[C@H](CC(C)C)NC(=O)[C@H](CCCCN)NC(=O)[C@H](CC(=O)O)NC(=O)CNC(=O)[C@H](CCC(=O)O)NC(=O)[C@H](CCC(N)=O)NC(=O)[C@@H](N)CC(C)C)C(=O)N[C@H](C(=O)O)C(C)C. The van der Waals surface area contributed by atoms with Crippen molar-refractivity contribution in [2.45, 2.75) is 161 Å². The summed E-state index contributed by atoms with van der Waals surface area (Å²) in [5, 5.41) is 47.8. The zero-order chi connectivity index (χ0) is 54.5. The number of carbonyl (C=O) groups excluding carboxylic acids is 9. The number of hydrogen-bond acceptors (Lipinski definition) is 15. The monoisotopic (exact) mass is 1030 g/mol. The van der Waals surface area contributed by atoms with E-state index in [2.05, 4.69) is 42.5 Å². The first kappa shape index (κ1) is 64.9. The molecule has 0 saturated carbocycles. The largest absolute Gasteiger partial charge is 0.481 e. The third-order valence-corrected chi connectivity index (χ3v) is 11.1. The Bertz CT molecular complexity index is 1840. The molecule has 0 bridgehead atoms. The summed E-state index contributed by atoms with van der Waals surface area (Å²) in [5.74, 6) is -12.9. The fraction of sp³-hybridized carbons (Fsp3) is 0.727. The van der Waals surface area contributed by atoms with Gasteiger partial charge in [0, 0.05) is 12.8 Å². The van der Waals surface area contributed by atoms with E-state index in [-0.39, 0.29) is 63.3 Å². The molecule has 27 heteroatoms. The van der Waals surface area contributed by atoms with Gasteiger partial charge in [0.15, 0.2) is 0 Å². The molecule has 0 fully saturated rings. The number of unbranched alkanes of at least 4 members (excludes halogenated alkanes) is 1. The molecule has 0 aromatic heterocycles. The van der Waals surface area contributed by atoms with E-state index in [1.54, 1.807) is 34.0 Å². The molecule has 0 heterocycles.